The average Bonchev–Trinajstić information content (AvgIpc) is 3.12. The first-order valence-corrected chi connectivity index (χ1v) is 9.49. The summed E-state index contributed by atoms with van der Waals surface area (Å²) < 4.78 is 30.2. The lowest BCUT2D eigenvalue weighted by atomic mass is 10.1. The summed E-state index contributed by atoms with van der Waals surface area (Å²) in [6, 6.07) is 10.4. The second-order valence-corrected chi connectivity index (χ2v) is 7.59. The van der Waals surface area contributed by atoms with Crippen molar-refractivity contribution in [2.45, 2.75) is 20.4 Å². The number of aromatic nitrogens is 2. The Hall–Kier alpha value is -3.06. The Bertz CT molecular complexity index is 1330. The Balaban J connectivity index is 2.00. The van der Waals surface area contributed by atoms with Gasteiger partial charge in [-0.15, -0.1) is 11.3 Å². The van der Waals surface area contributed by atoms with Crippen molar-refractivity contribution in [2.24, 2.45) is 0 Å². The molecule has 4 nitrogen and oxygen atoms in total. The summed E-state index contributed by atoms with van der Waals surface area (Å²) in [6.07, 6.45) is 0. The molecule has 7 heteroatoms. The van der Waals surface area contributed by atoms with E-state index in [1.165, 1.54) is 15.9 Å². The maximum atomic E-state index is 14.3. The first-order chi connectivity index (χ1) is 13.4. The van der Waals surface area contributed by atoms with Crippen molar-refractivity contribution in [3.8, 4) is 5.69 Å². The highest BCUT2D eigenvalue weighted by atomic mass is 32.1. The lowest BCUT2D eigenvalue weighted by molar-refractivity contribution is 0.572. The van der Waals surface area contributed by atoms with Crippen LogP contribution >= 0.6 is 11.3 Å². The second kappa shape index (κ2) is 6.83. The largest absolute Gasteiger partial charge is 0.336 e. The van der Waals surface area contributed by atoms with Crippen LogP contribution in [0.5, 0.6) is 0 Å². The maximum absolute atomic E-state index is 14.3. The van der Waals surface area contributed by atoms with E-state index in [9.17, 15) is 18.4 Å². The van der Waals surface area contributed by atoms with Gasteiger partial charge in [0.05, 0.1) is 17.7 Å². The number of aryl methyl sites for hydroxylation is 2. The Morgan fingerprint density at radius 3 is 2.50 bits per heavy atom. The van der Waals surface area contributed by atoms with E-state index in [-0.39, 0.29) is 12.2 Å². The topological polar surface area (TPSA) is 44.0 Å². The summed E-state index contributed by atoms with van der Waals surface area (Å²) in [7, 11) is 0. The van der Waals surface area contributed by atoms with Crippen LogP contribution in [0.25, 0.3) is 15.9 Å². The fourth-order valence-electron chi connectivity index (χ4n) is 3.31. The van der Waals surface area contributed by atoms with Crippen LogP contribution < -0.4 is 11.2 Å². The second-order valence-electron chi connectivity index (χ2n) is 6.67. The van der Waals surface area contributed by atoms with Gasteiger partial charge in [-0.25, -0.2) is 18.1 Å². The zero-order chi connectivity index (χ0) is 20.0. The van der Waals surface area contributed by atoms with E-state index >= 15 is 0 Å². The van der Waals surface area contributed by atoms with Crippen molar-refractivity contribution in [1.82, 2.24) is 9.13 Å². The SMILES string of the molecule is Cc1ccc(Cn2c(=O)n(-c3ccc(F)cc3F)c(=O)c3sccc32)c(C)c1. The molecule has 0 atom stereocenters. The minimum absolute atomic E-state index is 0.237. The Kier molecular flexibility index (Phi) is 4.47. The molecule has 0 unspecified atom stereocenters. The lowest BCUT2D eigenvalue weighted by Crippen LogP contribution is -2.39. The van der Waals surface area contributed by atoms with E-state index in [0.717, 1.165) is 33.4 Å². The third-order valence-electron chi connectivity index (χ3n) is 4.73. The quantitative estimate of drug-likeness (QED) is 0.520. The Labute approximate surface area is 162 Å². The zero-order valence-corrected chi connectivity index (χ0v) is 16.0. The van der Waals surface area contributed by atoms with E-state index in [1.807, 2.05) is 32.0 Å². The minimum Gasteiger partial charge on any atom is -0.288 e. The molecule has 4 aromatic rings. The summed E-state index contributed by atoms with van der Waals surface area (Å²) in [4.78, 5) is 26.1. The van der Waals surface area contributed by atoms with Gasteiger partial charge in [0.2, 0.25) is 0 Å². The number of nitrogens with zero attached hydrogens (tertiary/aromatic N) is 2. The van der Waals surface area contributed by atoms with E-state index in [1.54, 1.807) is 11.4 Å². The van der Waals surface area contributed by atoms with Gasteiger partial charge in [0.25, 0.3) is 5.56 Å². The predicted molar refractivity (Wildman–Crippen MR) is 107 cm³/mol. The fourth-order valence-corrected chi connectivity index (χ4v) is 4.13. The third kappa shape index (κ3) is 2.97. The van der Waals surface area contributed by atoms with Gasteiger partial charge in [0.15, 0.2) is 0 Å². The molecule has 0 N–H and O–H groups in total. The Morgan fingerprint density at radius 2 is 1.79 bits per heavy atom. The van der Waals surface area contributed by atoms with Gasteiger partial charge in [-0.2, -0.15) is 0 Å². The number of halogens is 2. The molecule has 0 saturated heterocycles. The molecule has 28 heavy (non-hydrogen) atoms. The molecule has 4 rings (SSSR count). The molecule has 0 spiro atoms. The first kappa shape index (κ1) is 18.3. The summed E-state index contributed by atoms with van der Waals surface area (Å²) in [5.41, 5.74) is 2.00. The van der Waals surface area contributed by atoms with Crippen LogP contribution in [0.1, 0.15) is 16.7 Å². The number of thiophene rings is 1. The first-order valence-electron chi connectivity index (χ1n) is 8.61. The van der Waals surface area contributed by atoms with Crippen molar-refractivity contribution >= 4 is 21.6 Å². The van der Waals surface area contributed by atoms with Crippen LogP contribution in [0.15, 0.2) is 57.4 Å². The lowest BCUT2D eigenvalue weighted by Gasteiger charge is -2.14. The van der Waals surface area contributed by atoms with Crippen molar-refractivity contribution < 1.29 is 8.78 Å². The molecule has 0 aliphatic heterocycles. The third-order valence-corrected chi connectivity index (χ3v) is 5.62. The van der Waals surface area contributed by atoms with Crippen LogP contribution in [-0.4, -0.2) is 9.13 Å². The van der Waals surface area contributed by atoms with Crippen LogP contribution in [0.3, 0.4) is 0 Å². The van der Waals surface area contributed by atoms with Crippen LogP contribution in [0.2, 0.25) is 0 Å². The van der Waals surface area contributed by atoms with Crippen LogP contribution in [0, 0.1) is 25.5 Å². The highest BCUT2D eigenvalue weighted by molar-refractivity contribution is 7.17. The number of rotatable bonds is 3. The minimum atomic E-state index is -0.965. The van der Waals surface area contributed by atoms with Crippen molar-refractivity contribution in [2.75, 3.05) is 0 Å². The Morgan fingerprint density at radius 1 is 1.00 bits per heavy atom. The van der Waals surface area contributed by atoms with Crippen LogP contribution in [-0.2, 0) is 6.54 Å². The highest BCUT2D eigenvalue weighted by Gasteiger charge is 2.18. The molecule has 0 aliphatic carbocycles. The molecule has 0 saturated carbocycles. The van der Waals surface area contributed by atoms with Gasteiger partial charge in [0, 0.05) is 6.07 Å². The summed E-state index contributed by atoms with van der Waals surface area (Å²) in [5.74, 6) is -1.74. The monoisotopic (exact) mass is 398 g/mol. The van der Waals surface area contributed by atoms with Crippen molar-refractivity contribution in [3.05, 3.63) is 97.0 Å². The molecule has 0 amide bonds. The molecule has 0 aliphatic rings. The maximum Gasteiger partial charge on any atom is 0.336 e. The van der Waals surface area contributed by atoms with E-state index in [0.29, 0.717) is 16.3 Å². The zero-order valence-electron chi connectivity index (χ0n) is 15.2. The highest BCUT2D eigenvalue weighted by Crippen LogP contribution is 2.20. The molecule has 2 aromatic carbocycles. The normalized spacial score (nSPS) is 11.3. The number of hydrogen-bond acceptors (Lipinski definition) is 3. The van der Waals surface area contributed by atoms with Gasteiger partial charge >= 0.3 is 5.69 Å². The molecule has 0 bridgehead atoms. The summed E-state index contributed by atoms with van der Waals surface area (Å²) in [6.45, 7) is 4.17. The molecular weight excluding hydrogens is 382 g/mol. The van der Waals surface area contributed by atoms with Gasteiger partial charge in [-0.05, 0) is 48.6 Å². The van der Waals surface area contributed by atoms with Crippen molar-refractivity contribution in [3.63, 3.8) is 0 Å². The molecule has 2 heterocycles. The van der Waals surface area contributed by atoms with Crippen LogP contribution in [0.4, 0.5) is 8.78 Å². The van der Waals surface area contributed by atoms with Gasteiger partial charge < -0.3 is 0 Å². The number of benzene rings is 2. The van der Waals surface area contributed by atoms with E-state index in [2.05, 4.69) is 0 Å². The van der Waals surface area contributed by atoms with E-state index in [4.69, 9.17) is 0 Å². The van der Waals surface area contributed by atoms with Gasteiger partial charge in [-0.3, -0.25) is 9.36 Å². The number of hydrogen-bond donors (Lipinski definition) is 0. The molecule has 0 fully saturated rings. The average molecular weight is 398 g/mol. The molecule has 2 aromatic heterocycles. The summed E-state index contributed by atoms with van der Waals surface area (Å²) in [5, 5.41) is 1.72. The van der Waals surface area contributed by atoms with Gasteiger partial charge in [-0.1, -0.05) is 23.8 Å². The van der Waals surface area contributed by atoms with Crippen molar-refractivity contribution in [1.29, 1.82) is 0 Å². The summed E-state index contributed by atoms with van der Waals surface area (Å²) >= 11 is 1.18. The van der Waals surface area contributed by atoms with Gasteiger partial charge in [0.1, 0.15) is 16.3 Å². The predicted octanol–water partition coefficient (Wildman–Crippen LogP) is 4.16. The number of fused-ring (bicyclic) bond motifs is 1. The molecule has 0 radical (unpaired) electrons. The van der Waals surface area contributed by atoms with E-state index < -0.39 is 22.9 Å². The standard InChI is InChI=1S/C21H16F2N2O2S/c1-12-3-4-14(13(2)9-12)11-24-18-7-8-28-19(18)20(26)25(21(24)27)17-6-5-15(22)10-16(17)23/h3-10H,11H2,1-2H3. The molecule has 142 valence electrons. The fraction of sp³-hybridized carbons (Fsp3) is 0.143. The smallest absolute Gasteiger partial charge is 0.288 e. The molecular formula is C21H16F2N2O2S.